The Bertz CT molecular complexity index is 1130. The highest BCUT2D eigenvalue weighted by Gasteiger charge is 2.35. The van der Waals surface area contributed by atoms with Gasteiger partial charge in [0.2, 0.25) is 5.91 Å². The largest absolute Gasteiger partial charge is 0.457 e. The van der Waals surface area contributed by atoms with E-state index < -0.39 is 5.60 Å². The maximum absolute atomic E-state index is 11.9. The van der Waals surface area contributed by atoms with Crippen LogP contribution in [0.5, 0.6) is 11.5 Å². The molecular weight excluding hydrogens is 430 g/mol. The number of nitrogens with two attached hydrogens (primary N) is 1. The molecule has 1 amide bonds. The second kappa shape index (κ2) is 10.4. The number of nitrogens with one attached hydrogen (secondary N) is 1. The van der Waals surface area contributed by atoms with Gasteiger partial charge < -0.3 is 25.4 Å². The number of amides is 1. The maximum Gasteiger partial charge on any atom is 0.245 e. The predicted octanol–water partition coefficient (Wildman–Crippen LogP) is 4.12. The molecule has 34 heavy (non-hydrogen) atoms. The van der Waals surface area contributed by atoms with Crippen LogP contribution >= 0.6 is 0 Å². The highest BCUT2D eigenvalue weighted by molar-refractivity contribution is 5.87. The molecule has 8 heteroatoms. The molecule has 1 aliphatic rings. The van der Waals surface area contributed by atoms with Gasteiger partial charge in [-0.15, -0.1) is 0 Å². The molecule has 3 N–H and O–H groups in total. The third-order valence-corrected chi connectivity index (χ3v) is 6.17. The van der Waals surface area contributed by atoms with Gasteiger partial charge in [-0.3, -0.25) is 4.79 Å². The molecule has 0 saturated carbocycles. The summed E-state index contributed by atoms with van der Waals surface area (Å²) in [5, 5.41) is 3.42. The summed E-state index contributed by atoms with van der Waals surface area (Å²) in [4.78, 5) is 22.3. The molecule has 1 saturated heterocycles. The monoisotopic (exact) mass is 459 g/mol. The van der Waals surface area contributed by atoms with E-state index in [1.807, 2.05) is 54.6 Å². The Morgan fingerprint density at radius 2 is 1.79 bits per heavy atom. The highest BCUT2D eigenvalue weighted by Crippen LogP contribution is 2.34. The zero-order valence-electron chi connectivity index (χ0n) is 19.2. The van der Waals surface area contributed by atoms with E-state index in [2.05, 4.69) is 21.9 Å². The van der Waals surface area contributed by atoms with Crippen molar-refractivity contribution in [3.8, 4) is 22.6 Å². The van der Waals surface area contributed by atoms with Crippen molar-refractivity contribution in [3.63, 3.8) is 0 Å². The van der Waals surface area contributed by atoms with Gasteiger partial charge in [-0.2, -0.15) is 0 Å². The van der Waals surface area contributed by atoms with Gasteiger partial charge in [0, 0.05) is 26.7 Å². The third-order valence-electron chi connectivity index (χ3n) is 6.17. The zero-order chi connectivity index (χ0) is 24.0. The van der Waals surface area contributed by atoms with Gasteiger partial charge >= 0.3 is 0 Å². The summed E-state index contributed by atoms with van der Waals surface area (Å²) in [5.74, 6) is 2.45. The Morgan fingerprint density at radius 1 is 1.12 bits per heavy atom. The maximum atomic E-state index is 11.9. The Kier molecular flexibility index (Phi) is 7.08. The summed E-state index contributed by atoms with van der Waals surface area (Å²) in [7, 11) is 1.70. The van der Waals surface area contributed by atoms with Gasteiger partial charge in [-0.05, 0) is 48.7 Å². The van der Waals surface area contributed by atoms with Gasteiger partial charge in [-0.25, -0.2) is 9.97 Å². The summed E-state index contributed by atoms with van der Waals surface area (Å²) in [6.45, 7) is 5.32. The predicted molar refractivity (Wildman–Crippen MR) is 133 cm³/mol. The van der Waals surface area contributed by atoms with Crippen LogP contribution in [0.3, 0.4) is 0 Å². The number of carbonyl (C=O) groups excluding carboxylic acids is 1. The Morgan fingerprint density at radius 3 is 2.44 bits per heavy atom. The number of likely N-dealkylation sites (tertiary alicyclic amines) is 1. The van der Waals surface area contributed by atoms with Crippen molar-refractivity contribution in [2.24, 2.45) is 0 Å². The number of hydrogen-bond donors (Lipinski definition) is 2. The van der Waals surface area contributed by atoms with Crippen molar-refractivity contribution >= 4 is 17.5 Å². The number of carbonyl (C=O) groups is 1. The standard InChI is InChI=1S/C26H29N5O3/c1-3-22(32)31-15-13-26(33-2,14-16-31)17-28-25-23(24(27)29-18-30-25)19-9-11-21(12-10-19)34-20-7-5-4-6-8-20/h3-12,18H,1,13-17H2,2H3,(H3,27,28,29,30). The molecule has 2 aromatic carbocycles. The molecule has 2 heterocycles. The fraction of sp³-hybridized carbons (Fsp3) is 0.269. The Labute approximate surface area is 199 Å². The molecule has 1 aromatic heterocycles. The number of anilines is 2. The minimum Gasteiger partial charge on any atom is -0.457 e. The molecule has 0 aliphatic carbocycles. The summed E-state index contributed by atoms with van der Waals surface area (Å²) in [6, 6.07) is 17.3. The SMILES string of the molecule is C=CC(=O)N1CCC(CNc2ncnc(N)c2-c2ccc(Oc3ccccc3)cc2)(OC)CC1. The van der Waals surface area contributed by atoms with Crippen LogP contribution in [0.1, 0.15) is 12.8 Å². The van der Waals surface area contributed by atoms with Gasteiger partial charge in [0.15, 0.2) is 0 Å². The molecular formula is C26H29N5O3. The van der Waals surface area contributed by atoms with Crippen molar-refractivity contribution in [2.75, 3.05) is 37.8 Å². The minimum absolute atomic E-state index is 0.0526. The number of benzene rings is 2. The lowest BCUT2D eigenvalue weighted by Crippen LogP contribution is -2.50. The number of nitrogen functional groups attached to an aromatic ring is 1. The molecule has 0 radical (unpaired) electrons. The fourth-order valence-corrected chi connectivity index (χ4v) is 4.09. The molecule has 8 nitrogen and oxygen atoms in total. The van der Waals surface area contributed by atoms with Crippen LogP contribution in [0.4, 0.5) is 11.6 Å². The third kappa shape index (κ3) is 5.18. The molecule has 1 fully saturated rings. The topological polar surface area (TPSA) is 103 Å². The summed E-state index contributed by atoms with van der Waals surface area (Å²) < 4.78 is 11.8. The van der Waals surface area contributed by atoms with Gasteiger partial charge in [0.25, 0.3) is 0 Å². The van der Waals surface area contributed by atoms with Crippen LogP contribution in [0, 0.1) is 0 Å². The highest BCUT2D eigenvalue weighted by atomic mass is 16.5. The second-order valence-electron chi connectivity index (χ2n) is 8.19. The molecule has 0 spiro atoms. The lowest BCUT2D eigenvalue weighted by atomic mass is 9.90. The van der Waals surface area contributed by atoms with E-state index in [-0.39, 0.29) is 5.91 Å². The van der Waals surface area contributed by atoms with Crippen molar-refractivity contribution in [1.29, 1.82) is 0 Å². The molecule has 3 aromatic rings. The van der Waals surface area contributed by atoms with E-state index in [0.29, 0.717) is 44.1 Å². The smallest absolute Gasteiger partial charge is 0.245 e. The van der Waals surface area contributed by atoms with Gasteiger partial charge in [-0.1, -0.05) is 36.9 Å². The number of nitrogens with zero attached hydrogens (tertiary/aromatic N) is 3. The summed E-state index contributed by atoms with van der Waals surface area (Å²) in [6.07, 6.45) is 4.21. The van der Waals surface area contributed by atoms with Crippen LogP contribution in [-0.2, 0) is 9.53 Å². The van der Waals surface area contributed by atoms with Crippen LogP contribution < -0.4 is 15.8 Å². The normalized spacial score (nSPS) is 14.9. The van der Waals surface area contributed by atoms with Crippen LogP contribution in [0.25, 0.3) is 11.1 Å². The molecule has 0 unspecified atom stereocenters. The van der Waals surface area contributed by atoms with E-state index in [1.54, 1.807) is 12.0 Å². The molecule has 4 rings (SSSR count). The van der Waals surface area contributed by atoms with Crippen LogP contribution in [0.15, 0.2) is 73.6 Å². The second-order valence-corrected chi connectivity index (χ2v) is 8.19. The quantitative estimate of drug-likeness (QED) is 0.489. The first-order valence-corrected chi connectivity index (χ1v) is 11.2. The first kappa shape index (κ1) is 23.3. The summed E-state index contributed by atoms with van der Waals surface area (Å²) in [5.41, 5.74) is 7.43. The number of methoxy groups -OCH3 is 1. The van der Waals surface area contributed by atoms with Crippen molar-refractivity contribution in [2.45, 2.75) is 18.4 Å². The van der Waals surface area contributed by atoms with Crippen molar-refractivity contribution < 1.29 is 14.3 Å². The number of aromatic nitrogens is 2. The number of piperidine rings is 1. The number of rotatable bonds is 8. The van der Waals surface area contributed by atoms with E-state index in [0.717, 1.165) is 22.6 Å². The number of hydrogen-bond acceptors (Lipinski definition) is 7. The van der Waals surface area contributed by atoms with E-state index in [4.69, 9.17) is 15.2 Å². The van der Waals surface area contributed by atoms with E-state index in [9.17, 15) is 4.79 Å². The molecule has 176 valence electrons. The Balaban J connectivity index is 1.49. The van der Waals surface area contributed by atoms with Gasteiger partial charge in [0.1, 0.15) is 29.5 Å². The first-order valence-electron chi connectivity index (χ1n) is 11.2. The Hall–Kier alpha value is -3.91. The lowest BCUT2D eigenvalue weighted by Gasteiger charge is -2.40. The zero-order valence-corrected chi connectivity index (χ0v) is 19.2. The van der Waals surface area contributed by atoms with E-state index >= 15 is 0 Å². The average Bonchev–Trinajstić information content (AvgIpc) is 2.88. The van der Waals surface area contributed by atoms with Gasteiger partial charge in [0.05, 0.1) is 11.2 Å². The molecule has 0 atom stereocenters. The first-order chi connectivity index (χ1) is 16.5. The minimum atomic E-state index is -0.414. The number of ether oxygens (including phenoxy) is 2. The van der Waals surface area contributed by atoms with Crippen LogP contribution in [-0.4, -0.2) is 53.1 Å². The number of para-hydroxylation sites is 1. The fourth-order valence-electron chi connectivity index (χ4n) is 4.09. The van der Waals surface area contributed by atoms with Crippen molar-refractivity contribution in [1.82, 2.24) is 14.9 Å². The lowest BCUT2D eigenvalue weighted by molar-refractivity contribution is -0.131. The van der Waals surface area contributed by atoms with Crippen molar-refractivity contribution in [3.05, 3.63) is 73.6 Å². The molecule has 0 bridgehead atoms. The average molecular weight is 460 g/mol. The van der Waals surface area contributed by atoms with Crippen LogP contribution in [0.2, 0.25) is 0 Å². The summed E-state index contributed by atoms with van der Waals surface area (Å²) >= 11 is 0. The molecule has 1 aliphatic heterocycles. The van der Waals surface area contributed by atoms with E-state index in [1.165, 1.54) is 12.4 Å².